The number of carbonyl (C=O) groups is 1. The molecule has 0 aliphatic heterocycles. The number of ether oxygens (including phenoxy) is 1. The lowest BCUT2D eigenvalue weighted by molar-refractivity contribution is -0.156. The van der Waals surface area contributed by atoms with E-state index in [1.807, 2.05) is 34.6 Å². The van der Waals surface area contributed by atoms with Gasteiger partial charge in [-0.1, -0.05) is 0 Å². The first kappa shape index (κ1) is 13.4. The summed E-state index contributed by atoms with van der Waals surface area (Å²) in [6.07, 6.45) is 0.419. The zero-order valence-corrected chi connectivity index (χ0v) is 9.76. The molecule has 4 nitrogen and oxygen atoms in total. The standard InChI is InChI=1S/C10H22N2O2/c1-9(2,3)14-8(13)7(11)6-10(4,5)12/h7H,6,11-12H2,1-5H3/t7-/m0/s1. The van der Waals surface area contributed by atoms with Crippen LogP contribution < -0.4 is 11.5 Å². The molecule has 14 heavy (non-hydrogen) atoms. The molecule has 0 spiro atoms. The molecule has 4 heteroatoms. The van der Waals surface area contributed by atoms with Gasteiger partial charge in [-0.15, -0.1) is 0 Å². The summed E-state index contributed by atoms with van der Waals surface area (Å²) in [6, 6.07) is -0.644. The van der Waals surface area contributed by atoms with E-state index in [-0.39, 0.29) is 0 Å². The van der Waals surface area contributed by atoms with Gasteiger partial charge in [0, 0.05) is 5.54 Å². The van der Waals surface area contributed by atoms with E-state index >= 15 is 0 Å². The van der Waals surface area contributed by atoms with Crippen LogP contribution in [-0.4, -0.2) is 23.2 Å². The van der Waals surface area contributed by atoms with Crippen LogP contribution in [0.25, 0.3) is 0 Å². The Morgan fingerprint density at radius 3 is 2.00 bits per heavy atom. The van der Waals surface area contributed by atoms with Crippen LogP contribution in [0.4, 0.5) is 0 Å². The van der Waals surface area contributed by atoms with Crippen molar-refractivity contribution in [1.82, 2.24) is 0 Å². The fourth-order valence-electron chi connectivity index (χ4n) is 1.03. The number of esters is 1. The van der Waals surface area contributed by atoms with Crippen LogP contribution in [0.1, 0.15) is 41.0 Å². The highest BCUT2D eigenvalue weighted by Gasteiger charge is 2.26. The van der Waals surface area contributed by atoms with Crippen molar-refractivity contribution in [3.63, 3.8) is 0 Å². The summed E-state index contributed by atoms with van der Waals surface area (Å²) >= 11 is 0. The van der Waals surface area contributed by atoms with Gasteiger partial charge in [-0.2, -0.15) is 0 Å². The maximum Gasteiger partial charge on any atom is 0.323 e. The minimum absolute atomic E-state index is 0.393. The molecule has 0 aromatic carbocycles. The van der Waals surface area contributed by atoms with Crippen LogP contribution in [0.2, 0.25) is 0 Å². The first-order valence-electron chi connectivity index (χ1n) is 4.78. The monoisotopic (exact) mass is 202 g/mol. The molecule has 0 heterocycles. The molecule has 1 atom stereocenters. The van der Waals surface area contributed by atoms with E-state index < -0.39 is 23.2 Å². The van der Waals surface area contributed by atoms with Gasteiger partial charge in [-0.3, -0.25) is 4.79 Å². The van der Waals surface area contributed by atoms with Crippen molar-refractivity contribution in [1.29, 1.82) is 0 Å². The van der Waals surface area contributed by atoms with Crippen molar-refractivity contribution in [3.05, 3.63) is 0 Å². The molecule has 84 valence electrons. The quantitative estimate of drug-likeness (QED) is 0.663. The van der Waals surface area contributed by atoms with Gasteiger partial charge < -0.3 is 16.2 Å². The molecular formula is C10H22N2O2. The van der Waals surface area contributed by atoms with E-state index in [1.54, 1.807) is 0 Å². The SMILES string of the molecule is CC(C)(N)C[C@H](N)C(=O)OC(C)(C)C. The molecule has 0 saturated heterocycles. The second kappa shape index (κ2) is 4.28. The smallest absolute Gasteiger partial charge is 0.323 e. The molecule has 0 rings (SSSR count). The van der Waals surface area contributed by atoms with Gasteiger partial charge in [0.2, 0.25) is 0 Å². The van der Waals surface area contributed by atoms with Crippen LogP contribution >= 0.6 is 0 Å². The molecule has 0 bridgehead atoms. The van der Waals surface area contributed by atoms with Gasteiger partial charge in [0.15, 0.2) is 0 Å². The van der Waals surface area contributed by atoms with Crippen molar-refractivity contribution in [3.8, 4) is 0 Å². The lowest BCUT2D eigenvalue weighted by Gasteiger charge is -2.26. The zero-order chi connectivity index (χ0) is 11.6. The molecular weight excluding hydrogens is 180 g/mol. The van der Waals surface area contributed by atoms with Gasteiger partial charge in [-0.05, 0) is 41.0 Å². The molecule has 0 unspecified atom stereocenters. The largest absolute Gasteiger partial charge is 0.459 e. The molecule has 0 saturated carbocycles. The van der Waals surface area contributed by atoms with Crippen molar-refractivity contribution in [2.24, 2.45) is 11.5 Å². The summed E-state index contributed by atoms with van der Waals surface area (Å²) in [5, 5.41) is 0. The Bertz CT molecular complexity index is 201. The fraction of sp³-hybridized carbons (Fsp3) is 0.900. The Morgan fingerprint density at radius 2 is 1.71 bits per heavy atom. The van der Waals surface area contributed by atoms with Crippen molar-refractivity contribution >= 4 is 5.97 Å². The minimum atomic E-state index is -0.644. The molecule has 0 aliphatic rings. The molecule has 0 aromatic rings. The van der Waals surface area contributed by atoms with Gasteiger partial charge in [-0.25, -0.2) is 0 Å². The average molecular weight is 202 g/mol. The lowest BCUT2D eigenvalue weighted by atomic mass is 9.97. The Kier molecular flexibility index (Phi) is 4.09. The lowest BCUT2D eigenvalue weighted by Crippen LogP contribution is -2.45. The van der Waals surface area contributed by atoms with Crippen LogP contribution in [0.3, 0.4) is 0 Å². The predicted molar refractivity (Wildman–Crippen MR) is 56.7 cm³/mol. The van der Waals surface area contributed by atoms with Crippen molar-refractivity contribution in [2.75, 3.05) is 0 Å². The Hall–Kier alpha value is -0.610. The molecule has 0 fully saturated rings. The maximum absolute atomic E-state index is 11.4. The van der Waals surface area contributed by atoms with Gasteiger partial charge in [0.1, 0.15) is 11.6 Å². The van der Waals surface area contributed by atoms with Crippen LogP contribution in [-0.2, 0) is 9.53 Å². The van der Waals surface area contributed by atoms with E-state index in [4.69, 9.17) is 16.2 Å². The summed E-state index contributed by atoms with van der Waals surface area (Å²) in [5.41, 5.74) is 10.5. The van der Waals surface area contributed by atoms with Crippen molar-refractivity contribution in [2.45, 2.75) is 58.2 Å². The summed E-state index contributed by atoms with van der Waals surface area (Å²) in [7, 11) is 0. The number of rotatable bonds is 3. The highest BCUT2D eigenvalue weighted by molar-refractivity contribution is 5.76. The van der Waals surface area contributed by atoms with Gasteiger partial charge in [0.25, 0.3) is 0 Å². The average Bonchev–Trinajstić information content (AvgIpc) is 1.78. The molecule has 0 radical (unpaired) electrons. The number of hydrogen-bond acceptors (Lipinski definition) is 4. The van der Waals surface area contributed by atoms with Crippen LogP contribution in [0, 0.1) is 0 Å². The Labute approximate surface area is 86.0 Å². The summed E-state index contributed by atoms with van der Waals surface area (Å²) < 4.78 is 5.13. The molecule has 0 aromatic heterocycles. The van der Waals surface area contributed by atoms with Crippen molar-refractivity contribution < 1.29 is 9.53 Å². The van der Waals surface area contributed by atoms with E-state index in [2.05, 4.69) is 0 Å². The Morgan fingerprint density at radius 1 is 1.29 bits per heavy atom. The predicted octanol–water partition coefficient (Wildman–Crippen LogP) is 0.783. The third-order valence-electron chi connectivity index (χ3n) is 1.46. The normalized spacial score (nSPS) is 15.1. The summed E-state index contributed by atoms with van der Waals surface area (Å²) in [6.45, 7) is 9.09. The second-order valence-electron chi connectivity index (χ2n) is 5.33. The minimum Gasteiger partial charge on any atom is -0.459 e. The third kappa shape index (κ3) is 6.86. The number of carbonyl (C=O) groups excluding carboxylic acids is 1. The van der Waals surface area contributed by atoms with Crippen LogP contribution in [0.5, 0.6) is 0 Å². The number of hydrogen-bond donors (Lipinski definition) is 2. The van der Waals surface area contributed by atoms with E-state index in [0.717, 1.165) is 0 Å². The van der Waals surface area contributed by atoms with E-state index in [0.29, 0.717) is 6.42 Å². The maximum atomic E-state index is 11.4. The van der Waals surface area contributed by atoms with E-state index in [9.17, 15) is 4.79 Å². The van der Waals surface area contributed by atoms with Crippen LogP contribution in [0.15, 0.2) is 0 Å². The summed E-state index contributed by atoms with van der Waals surface area (Å²) in [5.74, 6) is -0.393. The van der Waals surface area contributed by atoms with Gasteiger partial charge >= 0.3 is 5.97 Å². The fourth-order valence-corrected chi connectivity index (χ4v) is 1.03. The molecule has 4 N–H and O–H groups in total. The second-order valence-corrected chi connectivity index (χ2v) is 5.33. The third-order valence-corrected chi connectivity index (χ3v) is 1.46. The number of nitrogens with two attached hydrogens (primary N) is 2. The first-order valence-corrected chi connectivity index (χ1v) is 4.78. The highest BCUT2D eigenvalue weighted by atomic mass is 16.6. The molecule has 0 amide bonds. The van der Waals surface area contributed by atoms with E-state index in [1.165, 1.54) is 0 Å². The highest BCUT2D eigenvalue weighted by Crippen LogP contribution is 2.12. The zero-order valence-electron chi connectivity index (χ0n) is 9.76. The molecule has 0 aliphatic carbocycles. The summed E-state index contributed by atoms with van der Waals surface area (Å²) in [4.78, 5) is 11.4. The van der Waals surface area contributed by atoms with Gasteiger partial charge in [0.05, 0.1) is 0 Å². The Balaban J connectivity index is 4.15. The first-order chi connectivity index (χ1) is 6.01. The topological polar surface area (TPSA) is 78.3 Å².